The van der Waals surface area contributed by atoms with Gasteiger partial charge in [0.15, 0.2) is 0 Å². The zero-order valence-corrected chi connectivity index (χ0v) is 10.4. The van der Waals surface area contributed by atoms with Crippen LogP contribution in [0.2, 0.25) is 0 Å². The zero-order valence-electron chi connectivity index (χ0n) is 10.4. The summed E-state index contributed by atoms with van der Waals surface area (Å²) in [6.45, 7) is 8.81. The quantitative estimate of drug-likeness (QED) is 0.747. The molecule has 4 heteroatoms. The molecular weight excluding hydrogens is 202 g/mol. The number of hydrogen-bond donors (Lipinski definition) is 1. The molecule has 0 aromatic rings. The Morgan fingerprint density at radius 2 is 2.12 bits per heavy atom. The molecule has 2 fully saturated rings. The number of piperazine rings is 1. The van der Waals surface area contributed by atoms with E-state index in [1.54, 1.807) is 0 Å². The van der Waals surface area contributed by atoms with Gasteiger partial charge in [-0.15, -0.1) is 0 Å². The van der Waals surface area contributed by atoms with Gasteiger partial charge in [0.05, 0.1) is 6.54 Å². The molecule has 0 spiro atoms. The van der Waals surface area contributed by atoms with Gasteiger partial charge in [0, 0.05) is 31.7 Å². The molecule has 1 heterocycles. The minimum atomic E-state index is 0.273. The van der Waals surface area contributed by atoms with E-state index in [0.29, 0.717) is 18.6 Å². The van der Waals surface area contributed by atoms with Crippen LogP contribution in [0.1, 0.15) is 26.7 Å². The van der Waals surface area contributed by atoms with Crippen LogP contribution in [0.3, 0.4) is 0 Å². The first-order valence-corrected chi connectivity index (χ1v) is 6.46. The molecule has 1 aliphatic heterocycles. The second-order valence-electron chi connectivity index (χ2n) is 4.97. The van der Waals surface area contributed by atoms with E-state index in [1.165, 1.54) is 12.8 Å². The minimum absolute atomic E-state index is 0.273. The van der Waals surface area contributed by atoms with E-state index in [9.17, 15) is 4.79 Å². The topological polar surface area (TPSA) is 35.6 Å². The molecule has 0 bridgehead atoms. The number of nitrogens with one attached hydrogen (secondary N) is 1. The van der Waals surface area contributed by atoms with E-state index < -0.39 is 0 Å². The number of hydrogen-bond acceptors (Lipinski definition) is 3. The highest BCUT2D eigenvalue weighted by Crippen LogP contribution is 2.18. The standard InChI is InChI=1S/C12H23N3O/c1-3-14-6-7-15(9-10(14)2)12(16)8-13-11-4-5-11/h10-11,13H,3-9H2,1-2H3. The lowest BCUT2D eigenvalue weighted by Crippen LogP contribution is -2.54. The third-order valence-corrected chi connectivity index (χ3v) is 3.64. The predicted octanol–water partition coefficient (Wildman–Crippen LogP) is 0.291. The average molecular weight is 225 g/mol. The van der Waals surface area contributed by atoms with E-state index in [1.807, 2.05) is 4.90 Å². The molecule has 2 aliphatic rings. The van der Waals surface area contributed by atoms with E-state index in [0.717, 1.165) is 26.2 Å². The summed E-state index contributed by atoms with van der Waals surface area (Å²) in [5, 5.41) is 3.29. The first-order valence-electron chi connectivity index (χ1n) is 6.46. The maximum absolute atomic E-state index is 11.9. The number of amides is 1. The van der Waals surface area contributed by atoms with Crippen LogP contribution in [0.5, 0.6) is 0 Å². The highest BCUT2D eigenvalue weighted by molar-refractivity contribution is 5.78. The monoisotopic (exact) mass is 225 g/mol. The summed E-state index contributed by atoms with van der Waals surface area (Å²) < 4.78 is 0. The second kappa shape index (κ2) is 5.15. The van der Waals surface area contributed by atoms with Gasteiger partial charge >= 0.3 is 0 Å². The molecule has 1 saturated carbocycles. The van der Waals surface area contributed by atoms with Crippen LogP contribution in [0.4, 0.5) is 0 Å². The van der Waals surface area contributed by atoms with Crippen LogP contribution in [0, 0.1) is 0 Å². The molecule has 92 valence electrons. The summed E-state index contributed by atoms with van der Waals surface area (Å²) in [6.07, 6.45) is 2.49. The Kier molecular flexibility index (Phi) is 3.82. The molecule has 1 saturated heterocycles. The van der Waals surface area contributed by atoms with Gasteiger partial charge in [-0.3, -0.25) is 9.69 Å². The Bertz CT molecular complexity index is 253. The molecule has 1 N–H and O–H groups in total. The largest absolute Gasteiger partial charge is 0.339 e. The van der Waals surface area contributed by atoms with Crippen molar-refractivity contribution in [2.75, 3.05) is 32.7 Å². The number of carbonyl (C=O) groups excluding carboxylic acids is 1. The molecule has 4 nitrogen and oxygen atoms in total. The molecule has 0 aromatic heterocycles. The smallest absolute Gasteiger partial charge is 0.236 e. The summed E-state index contributed by atoms with van der Waals surface area (Å²) in [5.41, 5.74) is 0. The average Bonchev–Trinajstić information content (AvgIpc) is 3.09. The Balaban J connectivity index is 1.74. The summed E-state index contributed by atoms with van der Waals surface area (Å²) in [7, 11) is 0. The van der Waals surface area contributed by atoms with Gasteiger partial charge in [-0.2, -0.15) is 0 Å². The third-order valence-electron chi connectivity index (χ3n) is 3.64. The van der Waals surface area contributed by atoms with Gasteiger partial charge in [-0.05, 0) is 26.3 Å². The van der Waals surface area contributed by atoms with Crippen molar-refractivity contribution in [2.45, 2.75) is 38.8 Å². The maximum Gasteiger partial charge on any atom is 0.236 e. The van der Waals surface area contributed by atoms with Crippen molar-refractivity contribution >= 4 is 5.91 Å². The fourth-order valence-electron chi connectivity index (χ4n) is 2.32. The van der Waals surface area contributed by atoms with Crippen LogP contribution < -0.4 is 5.32 Å². The lowest BCUT2D eigenvalue weighted by Gasteiger charge is -2.39. The minimum Gasteiger partial charge on any atom is -0.339 e. The Hall–Kier alpha value is -0.610. The van der Waals surface area contributed by atoms with E-state index in [2.05, 4.69) is 24.1 Å². The Morgan fingerprint density at radius 3 is 2.69 bits per heavy atom. The number of likely N-dealkylation sites (N-methyl/N-ethyl adjacent to an activating group) is 1. The van der Waals surface area contributed by atoms with Crippen molar-refractivity contribution in [3.05, 3.63) is 0 Å². The van der Waals surface area contributed by atoms with Crippen LogP contribution in [0.25, 0.3) is 0 Å². The number of nitrogens with zero attached hydrogens (tertiary/aromatic N) is 2. The molecule has 1 unspecified atom stereocenters. The SMILES string of the molecule is CCN1CCN(C(=O)CNC2CC2)CC1C. The lowest BCUT2D eigenvalue weighted by atomic mass is 10.2. The van der Waals surface area contributed by atoms with Crippen molar-refractivity contribution in [1.82, 2.24) is 15.1 Å². The van der Waals surface area contributed by atoms with Crippen LogP contribution in [-0.4, -0.2) is 60.5 Å². The third kappa shape index (κ3) is 2.95. The van der Waals surface area contributed by atoms with Gasteiger partial charge in [0.1, 0.15) is 0 Å². The molecule has 0 aromatic carbocycles. The molecule has 0 radical (unpaired) electrons. The molecule has 1 atom stereocenters. The van der Waals surface area contributed by atoms with Crippen molar-refractivity contribution in [1.29, 1.82) is 0 Å². The summed E-state index contributed by atoms with van der Waals surface area (Å²) in [5.74, 6) is 0.273. The molecule has 1 aliphatic carbocycles. The highest BCUT2D eigenvalue weighted by atomic mass is 16.2. The second-order valence-corrected chi connectivity index (χ2v) is 4.97. The maximum atomic E-state index is 11.9. The number of rotatable bonds is 4. The van der Waals surface area contributed by atoms with Gasteiger partial charge in [-0.25, -0.2) is 0 Å². The molecular formula is C12H23N3O. The predicted molar refractivity (Wildman–Crippen MR) is 64.3 cm³/mol. The summed E-state index contributed by atoms with van der Waals surface area (Å²) in [4.78, 5) is 16.4. The highest BCUT2D eigenvalue weighted by Gasteiger charge is 2.27. The Labute approximate surface area is 98.0 Å². The van der Waals surface area contributed by atoms with Crippen molar-refractivity contribution in [3.63, 3.8) is 0 Å². The normalized spacial score (nSPS) is 27.1. The van der Waals surface area contributed by atoms with Crippen LogP contribution >= 0.6 is 0 Å². The van der Waals surface area contributed by atoms with Gasteiger partial charge in [-0.1, -0.05) is 6.92 Å². The van der Waals surface area contributed by atoms with E-state index in [4.69, 9.17) is 0 Å². The van der Waals surface area contributed by atoms with Crippen molar-refractivity contribution in [3.8, 4) is 0 Å². The summed E-state index contributed by atoms with van der Waals surface area (Å²) >= 11 is 0. The Morgan fingerprint density at radius 1 is 1.38 bits per heavy atom. The van der Waals surface area contributed by atoms with E-state index in [-0.39, 0.29) is 5.91 Å². The van der Waals surface area contributed by atoms with E-state index >= 15 is 0 Å². The van der Waals surface area contributed by atoms with Gasteiger partial charge < -0.3 is 10.2 Å². The van der Waals surface area contributed by atoms with Gasteiger partial charge in [0.25, 0.3) is 0 Å². The lowest BCUT2D eigenvalue weighted by molar-refractivity contribution is -0.133. The number of carbonyl (C=O) groups is 1. The zero-order chi connectivity index (χ0) is 11.5. The van der Waals surface area contributed by atoms with Crippen molar-refractivity contribution in [2.24, 2.45) is 0 Å². The fourth-order valence-corrected chi connectivity index (χ4v) is 2.32. The molecule has 1 amide bonds. The van der Waals surface area contributed by atoms with Crippen LogP contribution in [-0.2, 0) is 4.79 Å². The van der Waals surface area contributed by atoms with Crippen LogP contribution in [0.15, 0.2) is 0 Å². The summed E-state index contributed by atoms with van der Waals surface area (Å²) in [6, 6.07) is 1.13. The molecule has 16 heavy (non-hydrogen) atoms. The first-order chi connectivity index (χ1) is 7.70. The first kappa shape index (κ1) is 11.9. The van der Waals surface area contributed by atoms with Gasteiger partial charge in [0.2, 0.25) is 5.91 Å². The van der Waals surface area contributed by atoms with Crippen molar-refractivity contribution < 1.29 is 4.79 Å². The fraction of sp³-hybridized carbons (Fsp3) is 0.917. The molecule has 2 rings (SSSR count).